The van der Waals surface area contributed by atoms with Crippen LogP contribution in [0.15, 0.2) is 51.8 Å². The summed E-state index contributed by atoms with van der Waals surface area (Å²) in [4.78, 5) is 0.173. The van der Waals surface area contributed by atoms with Crippen LogP contribution in [0.5, 0.6) is 0 Å². The molecule has 0 aliphatic rings. The second-order valence-electron chi connectivity index (χ2n) is 5.96. The normalized spacial score (nSPS) is 11.6. The number of halogens is 3. The third-order valence-corrected chi connectivity index (χ3v) is 6.71. The lowest BCUT2D eigenvalue weighted by molar-refractivity contribution is 0.601. The van der Waals surface area contributed by atoms with E-state index in [0.29, 0.717) is 33.7 Å². The smallest absolute Gasteiger partial charge is 0.262 e. The molecular formula is C18H16BrCl2N3O2S. The Morgan fingerprint density at radius 3 is 2.26 bits per heavy atom. The lowest BCUT2D eigenvalue weighted by atomic mass is 10.2. The first-order valence-electron chi connectivity index (χ1n) is 7.94. The zero-order valence-corrected chi connectivity index (χ0v) is 18.4. The van der Waals surface area contributed by atoms with Crippen molar-refractivity contribution in [3.05, 3.63) is 73.9 Å². The molecule has 0 aliphatic carbocycles. The van der Waals surface area contributed by atoms with Gasteiger partial charge in [0.2, 0.25) is 0 Å². The molecule has 0 unspecified atom stereocenters. The molecule has 0 saturated heterocycles. The number of anilines is 1. The van der Waals surface area contributed by atoms with Crippen LogP contribution in [0.25, 0.3) is 0 Å². The minimum absolute atomic E-state index is 0.173. The topological polar surface area (TPSA) is 64.0 Å². The van der Waals surface area contributed by atoms with Crippen LogP contribution in [0.3, 0.4) is 0 Å². The van der Waals surface area contributed by atoms with E-state index in [0.717, 1.165) is 10.0 Å². The fourth-order valence-electron chi connectivity index (χ4n) is 2.64. The molecule has 9 heteroatoms. The van der Waals surface area contributed by atoms with Gasteiger partial charge in [0.05, 0.1) is 28.5 Å². The maximum atomic E-state index is 12.7. The molecule has 0 saturated carbocycles. The molecule has 0 amide bonds. The van der Waals surface area contributed by atoms with E-state index in [9.17, 15) is 8.42 Å². The standard InChI is InChI=1S/C18H16BrCl2N3O2S/c1-11-18(23-27(25,26)14-8-6-13(19)7-9-14)12(2)24(22-11)10-15-16(20)4-3-5-17(15)21/h3-9,23H,10H2,1-2H3. The summed E-state index contributed by atoms with van der Waals surface area (Å²) in [7, 11) is -3.73. The summed E-state index contributed by atoms with van der Waals surface area (Å²) in [5.74, 6) is 0. The quantitative estimate of drug-likeness (QED) is 0.521. The fourth-order valence-corrected chi connectivity index (χ4v) is 4.60. The van der Waals surface area contributed by atoms with E-state index < -0.39 is 10.0 Å². The summed E-state index contributed by atoms with van der Waals surface area (Å²) in [5, 5.41) is 5.51. The van der Waals surface area contributed by atoms with Crippen molar-refractivity contribution >= 4 is 54.8 Å². The predicted octanol–water partition coefficient (Wildman–Crippen LogP) is 5.42. The molecular weight excluding hydrogens is 473 g/mol. The van der Waals surface area contributed by atoms with Gasteiger partial charge in [-0.05, 0) is 50.2 Å². The molecule has 0 fully saturated rings. The van der Waals surface area contributed by atoms with Crippen molar-refractivity contribution in [1.82, 2.24) is 9.78 Å². The third kappa shape index (κ3) is 4.32. The molecule has 0 spiro atoms. The highest BCUT2D eigenvalue weighted by Crippen LogP contribution is 2.28. The number of benzene rings is 2. The zero-order valence-electron chi connectivity index (χ0n) is 14.5. The van der Waals surface area contributed by atoms with Crippen LogP contribution in [0.4, 0.5) is 5.69 Å². The fraction of sp³-hybridized carbons (Fsp3) is 0.167. The van der Waals surface area contributed by atoms with Gasteiger partial charge in [-0.25, -0.2) is 8.42 Å². The van der Waals surface area contributed by atoms with Gasteiger partial charge in [0.15, 0.2) is 0 Å². The number of aryl methyl sites for hydroxylation is 1. The van der Waals surface area contributed by atoms with Crippen LogP contribution in [-0.4, -0.2) is 18.2 Å². The van der Waals surface area contributed by atoms with Gasteiger partial charge in [0.25, 0.3) is 10.0 Å². The number of aromatic nitrogens is 2. The van der Waals surface area contributed by atoms with E-state index in [4.69, 9.17) is 23.2 Å². The molecule has 2 aromatic carbocycles. The van der Waals surface area contributed by atoms with Crippen molar-refractivity contribution in [2.45, 2.75) is 25.3 Å². The Hall–Kier alpha value is -1.54. The maximum Gasteiger partial charge on any atom is 0.262 e. The summed E-state index contributed by atoms with van der Waals surface area (Å²) in [6.45, 7) is 3.88. The van der Waals surface area contributed by atoms with Gasteiger partial charge in [-0.2, -0.15) is 5.10 Å². The van der Waals surface area contributed by atoms with Crippen molar-refractivity contribution in [3.63, 3.8) is 0 Å². The Morgan fingerprint density at radius 2 is 1.67 bits per heavy atom. The van der Waals surface area contributed by atoms with Crippen LogP contribution in [0.1, 0.15) is 17.0 Å². The van der Waals surface area contributed by atoms with Crippen LogP contribution in [0.2, 0.25) is 10.0 Å². The Bertz CT molecular complexity index is 1080. The minimum Gasteiger partial charge on any atom is -0.276 e. The summed E-state index contributed by atoms with van der Waals surface area (Å²) in [6, 6.07) is 11.7. The number of sulfonamides is 1. The molecule has 3 aromatic rings. The Kier molecular flexibility index (Phi) is 5.86. The number of nitrogens with zero attached hydrogens (tertiary/aromatic N) is 2. The molecule has 1 aromatic heterocycles. The summed E-state index contributed by atoms with van der Waals surface area (Å²) < 4.78 is 30.5. The van der Waals surface area contributed by atoms with E-state index in [-0.39, 0.29) is 4.90 Å². The summed E-state index contributed by atoms with van der Waals surface area (Å²) >= 11 is 15.8. The molecule has 0 atom stereocenters. The highest BCUT2D eigenvalue weighted by molar-refractivity contribution is 9.10. The zero-order chi connectivity index (χ0) is 19.8. The molecule has 1 heterocycles. The van der Waals surface area contributed by atoms with Crippen molar-refractivity contribution < 1.29 is 8.42 Å². The van der Waals surface area contributed by atoms with E-state index in [1.54, 1.807) is 48.9 Å². The molecule has 0 radical (unpaired) electrons. The van der Waals surface area contributed by atoms with Crippen molar-refractivity contribution in [1.29, 1.82) is 0 Å². The average molecular weight is 489 g/mol. The van der Waals surface area contributed by atoms with Crippen LogP contribution < -0.4 is 4.72 Å². The summed E-state index contributed by atoms with van der Waals surface area (Å²) in [6.07, 6.45) is 0. The monoisotopic (exact) mass is 487 g/mol. The maximum absolute atomic E-state index is 12.7. The molecule has 0 aliphatic heterocycles. The highest BCUT2D eigenvalue weighted by Gasteiger charge is 2.20. The van der Waals surface area contributed by atoms with Crippen LogP contribution >= 0.6 is 39.1 Å². The Morgan fingerprint density at radius 1 is 1.07 bits per heavy atom. The van der Waals surface area contributed by atoms with E-state index in [2.05, 4.69) is 25.8 Å². The average Bonchev–Trinajstić information content (AvgIpc) is 2.86. The number of hydrogen-bond donors (Lipinski definition) is 1. The first-order chi connectivity index (χ1) is 12.7. The van der Waals surface area contributed by atoms with Gasteiger partial charge in [-0.3, -0.25) is 9.40 Å². The minimum atomic E-state index is -3.73. The first-order valence-corrected chi connectivity index (χ1v) is 11.0. The van der Waals surface area contributed by atoms with Gasteiger partial charge >= 0.3 is 0 Å². The van der Waals surface area contributed by atoms with Crippen LogP contribution in [0, 0.1) is 13.8 Å². The third-order valence-electron chi connectivity index (χ3n) is 4.11. The van der Waals surface area contributed by atoms with E-state index in [1.807, 2.05) is 0 Å². The molecule has 5 nitrogen and oxygen atoms in total. The highest BCUT2D eigenvalue weighted by atomic mass is 79.9. The largest absolute Gasteiger partial charge is 0.276 e. The Balaban J connectivity index is 1.93. The SMILES string of the molecule is Cc1nn(Cc2c(Cl)cccc2Cl)c(C)c1NS(=O)(=O)c1ccc(Br)cc1. The van der Waals surface area contributed by atoms with Gasteiger partial charge in [0, 0.05) is 20.1 Å². The van der Waals surface area contributed by atoms with Crippen molar-refractivity contribution in [2.75, 3.05) is 4.72 Å². The second kappa shape index (κ2) is 7.83. The number of nitrogens with one attached hydrogen (secondary N) is 1. The molecule has 0 bridgehead atoms. The van der Waals surface area contributed by atoms with E-state index >= 15 is 0 Å². The molecule has 142 valence electrons. The number of rotatable bonds is 5. The molecule has 1 N–H and O–H groups in total. The summed E-state index contributed by atoms with van der Waals surface area (Å²) in [5.41, 5.74) is 2.41. The van der Waals surface area contributed by atoms with E-state index in [1.165, 1.54) is 12.1 Å². The predicted molar refractivity (Wildman–Crippen MR) is 112 cm³/mol. The first kappa shape index (κ1) is 20.2. The van der Waals surface area contributed by atoms with Crippen molar-refractivity contribution in [3.8, 4) is 0 Å². The van der Waals surface area contributed by atoms with Gasteiger partial charge in [-0.1, -0.05) is 45.2 Å². The second-order valence-corrected chi connectivity index (χ2v) is 9.38. The van der Waals surface area contributed by atoms with Gasteiger partial charge < -0.3 is 0 Å². The van der Waals surface area contributed by atoms with Crippen molar-refractivity contribution in [2.24, 2.45) is 0 Å². The van der Waals surface area contributed by atoms with Gasteiger partial charge in [0.1, 0.15) is 0 Å². The Labute approximate surface area is 176 Å². The number of hydrogen-bond acceptors (Lipinski definition) is 3. The molecule has 27 heavy (non-hydrogen) atoms. The lowest BCUT2D eigenvalue weighted by Crippen LogP contribution is -2.14. The van der Waals surface area contributed by atoms with Gasteiger partial charge in [-0.15, -0.1) is 0 Å². The lowest BCUT2D eigenvalue weighted by Gasteiger charge is -2.11. The molecule has 3 rings (SSSR count). The van der Waals surface area contributed by atoms with Crippen LogP contribution in [-0.2, 0) is 16.6 Å².